The molecule has 0 aromatic rings. The highest BCUT2D eigenvalue weighted by Crippen LogP contribution is 2.38. The second kappa shape index (κ2) is 3.46. The second-order valence-corrected chi connectivity index (χ2v) is 3.00. The van der Waals surface area contributed by atoms with Crippen molar-refractivity contribution in [2.75, 3.05) is 6.67 Å². The largest absolute Gasteiger partial charge is 0.282 e. The lowest BCUT2D eigenvalue weighted by atomic mass is 9.85. The van der Waals surface area contributed by atoms with E-state index in [1.165, 1.54) is 0 Å². The molecule has 0 bridgehead atoms. The summed E-state index contributed by atoms with van der Waals surface area (Å²) in [4.78, 5) is 0. The Balaban J connectivity index is 2.43. The molecule has 0 atom stereocenters. The van der Waals surface area contributed by atoms with Gasteiger partial charge in [-0.15, -0.1) is 0 Å². The molecule has 1 rings (SSSR count). The van der Waals surface area contributed by atoms with Crippen molar-refractivity contribution in [3.8, 4) is 0 Å². The molecule has 0 spiro atoms. The predicted molar refractivity (Wildman–Crippen MR) is 37.2 cm³/mol. The minimum Gasteiger partial charge on any atom is -0.244 e. The zero-order valence-corrected chi connectivity index (χ0v) is 6.38. The van der Waals surface area contributed by atoms with Crippen molar-refractivity contribution in [2.45, 2.75) is 38.0 Å². The Bertz CT molecular complexity index is 117. The molecule has 1 radical (unpaired) electrons. The zero-order valence-electron chi connectivity index (χ0n) is 6.38. The Morgan fingerprint density at radius 2 is 1.64 bits per heavy atom. The van der Waals surface area contributed by atoms with Crippen molar-refractivity contribution in [3.63, 3.8) is 0 Å². The van der Waals surface area contributed by atoms with Crippen LogP contribution in [-0.4, -0.2) is 12.6 Å². The molecule has 0 saturated heterocycles. The quantitative estimate of drug-likeness (QED) is 0.589. The molecule has 1 fully saturated rings. The average molecular weight is 165 g/mol. The van der Waals surface area contributed by atoms with Crippen molar-refractivity contribution in [3.05, 3.63) is 5.92 Å². The van der Waals surface area contributed by atoms with Crippen LogP contribution in [0.25, 0.3) is 0 Å². The van der Waals surface area contributed by atoms with E-state index < -0.39 is 12.6 Å². The number of halogens is 3. The fraction of sp³-hybridized carbons (Fsp3) is 0.875. The standard InChI is InChI=1S/C8H12F3/c9-6-8(10,11)7-4-2-1-3-5-7/h1-6H2. The third-order valence-electron chi connectivity index (χ3n) is 2.14. The Morgan fingerprint density at radius 3 is 2.09 bits per heavy atom. The molecule has 0 N–H and O–H groups in total. The van der Waals surface area contributed by atoms with Gasteiger partial charge in [0, 0.05) is 5.92 Å². The molecule has 1 saturated carbocycles. The predicted octanol–water partition coefficient (Wildman–Crippen LogP) is 3.13. The molecule has 0 aromatic carbocycles. The first-order valence-electron chi connectivity index (χ1n) is 3.96. The van der Waals surface area contributed by atoms with Crippen LogP contribution in [0.4, 0.5) is 13.2 Å². The van der Waals surface area contributed by atoms with Crippen LogP contribution in [0.3, 0.4) is 0 Å². The summed E-state index contributed by atoms with van der Waals surface area (Å²) in [6.07, 6.45) is 3.43. The average Bonchev–Trinajstić information content (AvgIpc) is 2.06. The first-order chi connectivity index (χ1) is 5.17. The number of hydrogen-bond acceptors (Lipinski definition) is 0. The van der Waals surface area contributed by atoms with Gasteiger partial charge < -0.3 is 0 Å². The Kier molecular flexibility index (Phi) is 2.79. The van der Waals surface area contributed by atoms with Gasteiger partial charge in [-0.25, -0.2) is 13.2 Å². The van der Waals surface area contributed by atoms with Crippen LogP contribution < -0.4 is 0 Å². The lowest BCUT2D eigenvalue weighted by Crippen LogP contribution is -2.30. The van der Waals surface area contributed by atoms with Crippen LogP contribution in [0, 0.1) is 5.92 Å². The highest BCUT2D eigenvalue weighted by molar-refractivity contribution is 5.04. The van der Waals surface area contributed by atoms with E-state index in [0.717, 1.165) is 19.3 Å². The van der Waals surface area contributed by atoms with Gasteiger partial charge in [0.1, 0.15) is 0 Å². The van der Waals surface area contributed by atoms with Gasteiger partial charge in [0.25, 0.3) is 5.92 Å². The molecule has 0 nitrogen and oxygen atoms in total. The van der Waals surface area contributed by atoms with Gasteiger partial charge in [-0.2, -0.15) is 0 Å². The van der Waals surface area contributed by atoms with Gasteiger partial charge in [0.05, 0.1) is 0 Å². The number of rotatable bonds is 2. The molecular formula is C8H12F3. The summed E-state index contributed by atoms with van der Waals surface area (Å²) in [5.74, 6) is -3.02. The summed E-state index contributed by atoms with van der Waals surface area (Å²) in [6, 6.07) is 0. The highest BCUT2D eigenvalue weighted by Gasteiger charge is 2.40. The fourth-order valence-electron chi connectivity index (χ4n) is 1.44. The maximum atomic E-state index is 12.6. The fourth-order valence-corrected chi connectivity index (χ4v) is 1.44. The van der Waals surface area contributed by atoms with Crippen LogP contribution in [0.1, 0.15) is 32.1 Å². The van der Waals surface area contributed by atoms with E-state index in [1.807, 2.05) is 0 Å². The molecule has 0 aromatic heterocycles. The van der Waals surface area contributed by atoms with Crippen molar-refractivity contribution in [1.82, 2.24) is 0 Å². The normalized spacial score (nSPS) is 22.1. The first kappa shape index (κ1) is 8.88. The van der Waals surface area contributed by atoms with Crippen molar-refractivity contribution in [1.29, 1.82) is 0 Å². The molecule has 0 heterocycles. The van der Waals surface area contributed by atoms with Gasteiger partial charge in [0.2, 0.25) is 0 Å². The van der Waals surface area contributed by atoms with Gasteiger partial charge in [0.15, 0.2) is 6.67 Å². The van der Waals surface area contributed by atoms with E-state index in [4.69, 9.17) is 0 Å². The van der Waals surface area contributed by atoms with E-state index in [1.54, 1.807) is 0 Å². The third kappa shape index (κ3) is 2.11. The zero-order chi connectivity index (χ0) is 8.32. The third-order valence-corrected chi connectivity index (χ3v) is 2.14. The molecule has 65 valence electrons. The summed E-state index contributed by atoms with van der Waals surface area (Å²) >= 11 is 0. The van der Waals surface area contributed by atoms with Gasteiger partial charge >= 0.3 is 0 Å². The van der Waals surface area contributed by atoms with Crippen LogP contribution in [0.5, 0.6) is 0 Å². The van der Waals surface area contributed by atoms with Crippen LogP contribution in [0.2, 0.25) is 0 Å². The first-order valence-corrected chi connectivity index (χ1v) is 3.96. The summed E-state index contributed by atoms with van der Waals surface area (Å²) in [7, 11) is 0. The number of hydrogen-bond donors (Lipinski definition) is 0. The van der Waals surface area contributed by atoms with Crippen LogP contribution in [0.15, 0.2) is 0 Å². The van der Waals surface area contributed by atoms with E-state index in [9.17, 15) is 13.2 Å². The molecule has 1 aliphatic carbocycles. The maximum Gasteiger partial charge on any atom is 0.282 e. The van der Waals surface area contributed by atoms with Gasteiger partial charge in [-0.05, 0) is 12.8 Å². The van der Waals surface area contributed by atoms with Crippen molar-refractivity contribution >= 4 is 0 Å². The van der Waals surface area contributed by atoms with E-state index in [0.29, 0.717) is 12.8 Å². The summed E-state index contributed by atoms with van der Waals surface area (Å²) in [5, 5.41) is 0. The van der Waals surface area contributed by atoms with E-state index >= 15 is 0 Å². The van der Waals surface area contributed by atoms with Crippen LogP contribution in [-0.2, 0) is 0 Å². The summed E-state index contributed by atoms with van der Waals surface area (Å²) < 4.78 is 37.0. The lowest BCUT2D eigenvalue weighted by Gasteiger charge is -2.26. The molecule has 0 amide bonds. The summed E-state index contributed by atoms with van der Waals surface area (Å²) in [6.45, 7) is -1.53. The molecule has 3 heteroatoms. The molecule has 11 heavy (non-hydrogen) atoms. The van der Waals surface area contributed by atoms with Crippen molar-refractivity contribution < 1.29 is 13.2 Å². The lowest BCUT2D eigenvalue weighted by molar-refractivity contribution is -0.0187. The van der Waals surface area contributed by atoms with Crippen molar-refractivity contribution in [2.24, 2.45) is 0 Å². The molecule has 1 aliphatic rings. The second-order valence-electron chi connectivity index (χ2n) is 3.00. The Labute approximate surface area is 64.8 Å². The summed E-state index contributed by atoms with van der Waals surface area (Å²) in [5.41, 5.74) is 0. The van der Waals surface area contributed by atoms with E-state index in [2.05, 4.69) is 0 Å². The van der Waals surface area contributed by atoms with E-state index in [-0.39, 0.29) is 5.92 Å². The van der Waals surface area contributed by atoms with Crippen LogP contribution >= 0.6 is 0 Å². The maximum absolute atomic E-state index is 12.6. The SMILES string of the molecule is FCC(F)(F)[C]1CCCCC1. The minimum absolute atomic E-state index is 0.117. The topological polar surface area (TPSA) is 0 Å². The Hall–Kier alpha value is -0.210. The van der Waals surface area contributed by atoms with Gasteiger partial charge in [-0.1, -0.05) is 19.3 Å². The molecule has 0 unspecified atom stereocenters. The monoisotopic (exact) mass is 165 g/mol. The Morgan fingerprint density at radius 1 is 1.09 bits per heavy atom. The molecular weight excluding hydrogens is 153 g/mol. The number of alkyl halides is 3. The van der Waals surface area contributed by atoms with Gasteiger partial charge in [-0.3, -0.25) is 0 Å². The highest BCUT2D eigenvalue weighted by atomic mass is 19.3. The smallest absolute Gasteiger partial charge is 0.244 e. The molecule has 0 aliphatic heterocycles. The minimum atomic E-state index is -3.14.